The molecule has 22 N–H and O–H groups in total. The standard InChI is InChI=1S/C61H96N2O37/c1-58-48-24-25-47(59(58,2)61(25,48)57(85)86-3)60(24,58)56(84)63-9-7-5-4-6-8-62-10-17-40-26(70)33(77)49(87-17)95-41-18(11-64)89-51(35(79)28(41)72)97-43-20(13-66)91-53(37(81)30(43)74)99-45-22(15-68)93-55(39(83)32(45)76)100-46-23(16-69)92-54(38(82)31(46)75)98-44-21(14-67)90-52(36(80)29(44)73)96-42-19(12-65)88-50(94-40)34(78)27(42)71/h17-55,62,64-83H,4-16H2,1-3H3,(H,63,84)/t17-,18-,19-,20-,21-,22-,23-,24+,25-,26-,27-,28-,29-,30-,31-,32-,33-,34-,35+,36-,37+,38-,39-,40-,41-,42-,43-,44-,45-,46-,47+,48+,49-,50-,51-,52-,53-,54-,55-,58?,59+,60-,61-/m1/s1. The molecule has 21 heterocycles. The molecule has 100 heavy (non-hydrogen) atoms. The van der Waals surface area contributed by atoms with Crippen molar-refractivity contribution in [2.75, 3.05) is 66.4 Å². The molecule has 27 fully saturated rings. The quantitative estimate of drug-likeness (QED) is 0.0475. The molecule has 27 rings (SSSR count). The van der Waals surface area contributed by atoms with Crippen molar-refractivity contribution in [1.82, 2.24) is 10.6 Å². The minimum atomic E-state index is -2.22. The van der Waals surface area contributed by atoms with Gasteiger partial charge in [-0.2, -0.15) is 0 Å². The van der Waals surface area contributed by atoms with Crippen molar-refractivity contribution in [2.24, 2.45) is 45.3 Å². The Morgan fingerprint density at radius 3 is 0.830 bits per heavy atom. The number of esters is 1. The van der Waals surface area contributed by atoms with E-state index in [9.17, 15) is 112 Å². The topological polar surface area (TPSA) is 601 Å². The van der Waals surface area contributed by atoms with Gasteiger partial charge in [0.1, 0.15) is 171 Å². The summed E-state index contributed by atoms with van der Waals surface area (Å²) in [6.45, 7) is -1.59. The maximum atomic E-state index is 13.8. The third-order valence-corrected chi connectivity index (χ3v) is 24.6. The van der Waals surface area contributed by atoms with Crippen LogP contribution < -0.4 is 10.6 Å². The minimum absolute atomic E-state index is 0.0281. The maximum Gasteiger partial charge on any atom is 0.313 e. The smallest absolute Gasteiger partial charge is 0.313 e. The fourth-order valence-corrected chi connectivity index (χ4v) is 19.8. The summed E-state index contributed by atoms with van der Waals surface area (Å²) in [4.78, 5) is 26.7. The molecular formula is C61H96N2O37. The predicted molar refractivity (Wildman–Crippen MR) is 313 cm³/mol. The van der Waals surface area contributed by atoms with Crippen LogP contribution in [0.2, 0.25) is 0 Å². The summed E-state index contributed by atoms with van der Waals surface area (Å²) >= 11 is 0. The number of aliphatic hydroxyl groups excluding tert-OH is 20. The Labute approximate surface area is 570 Å². The Bertz CT molecular complexity index is 2830. The summed E-state index contributed by atoms with van der Waals surface area (Å²) in [5.74, 6) is 0.574. The fourth-order valence-electron chi connectivity index (χ4n) is 19.8. The number of hydrogen-bond acceptors (Lipinski definition) is 38. The molecule has 6 aliphatic carbocycles. The van der Waals surface area contributed by atoms with Gasteiger partial charge in [0.2, 0.25) is 5.91 Å². The van der Waals surface area contributed by atoms with Gasteiger partial charge in [0.05, 0.1) is 57.6 Å². The first-order valence-corrected chi connectivity index (χ1v) is 34.1. The number of unbranched alkanes of at least 4 members (excludes halogenated alkanes) is 3. The molecule has 43 atom stereocenters. The molecule has 0 aromatic heterocycles. The molecule has 39 nitrogen and oxygen atoms in total. The molecule has 0 spiro atoms. The third kappa shape index (κ3) is 11.0. The van der Waals surface area contributed by atoms with E-state index in [4.69, 9.17) is 71.1 Å². The summed E-state index contributed by atoms with van der Waals surface area (Å²) in [5, 5.41) is 232. The van der Waals surface area contributed by atoms with Crippen LogP contribution in [0.4, 0.5) is 0 Å². The van der Waals surface area contributed by atoms with E-state index >= 15 is 0 Å². The molecule has 1 unspecified atom stereocenters. The number of carbonyl (C=O) groups is 2. The van der Waals surface area contributed by atoms with E-state index in [0.29, 0.717) is 32.2 Å². The third-order valence-electron chi connectivity index (χ3n) is 24.6. The Morgan fingerprint density at radius 1 is 0.330 bits per heavy atom. The molecule has 6 saturated carbocycles. The lowest BCUT2D eigenvalue weighted by Gasteiger charge is -3.17. The highest BCUT2D eigenvalue weighted by Gasteiger charge is 3.21. The van der Waals surface area contributed by atoms with Gasteiger partial charge in [-0.25, -0.2) is 0 Å². The van der Waals surface area contributed by atoms with Crippen molar-refractivity contribution in [1.29, 1.82) is 0 Å². The largest absolute Gasteiger partial charge is 0.469 e. The van der Waals surface area contributed by atoms with E-state index in [0.717, 1.165) is 0 Å². The Balaban J connectivity index is 0.711. The minimum Gasteiger partial charge on any atom is -0.469 e. The van der Waals surface area contributed by atoms with Crippen molar-refractivity contribution in [3.63, 3.8) is 0 Å². The molecule has 39 heteroatoms. The fraction of sp³-hybridized carbons (Fsp3) is 0.967. The Kier molecular flexibility index (Phi) is 21.9. The van der Waals surface area contributed by atoms with Gasteiger partial charge >= 0.3 is 5.97 Å². The zero-order valence-corrected chi connectivity index (χ0v) is 54.6. The Morgan fingerprint density at radius 2 is 0.570 bits per heavy atom. The molecule has 1 amide bonds. The number of rotatable bonds is 17. The van der Waals surface area contributed by atoms with E-state index in [-0.39, 0.29) is 59.5 Å². The number of methoxy groups -OCH3 is 1. The molecular weight excluding hydrogens is 1350 g/mol. The Hall–Kier alpha value is -2.46. The molecule has 21 aliphatic heterocycles. The van der Waals surface area contributed by atoms with Crippen molar-refractivity contribution >= 4 is 11.9 Å². The van der Waals surface area contributed by atoms with Gasteiger partial charge in [-0.3, -0.25) is 9.59 Å². The second kappa shape index (κ2) is 28.9. The van der Waals surface area contributed by atoms with Gasteiger partial charge in [-0.1, -0.05) is 26.7 Å². The lowest BCUT2D eigenvalue weighted by Crippen LogP contribution is -3.19. The molecule has 0 radical (unpaired) electrons. The van der Waals surface area contributed by atoms with Crippen molar-refractivity contribution in [3.05, 3.63) is 0 Å². The van der Waals surface area contributed by atoms with E-state index in [1.165, 1.54) is 7.11 Å². The van der Waals surface area contributed by atoms with Gasteiger partial charge in [0.25, 0.3) is 0 Å². The van der Waals surface area contributed by atoms with E-state index in [2.05, 4.69) is 24.5 Å². The van der Waals surface area contributed by atoms with Crippen molar-refractivity contribution in [2.45, 2.75) is 254 Å². The van der Waals surface area contributed by atoms with Crippen molar-refractivity contribution < 1.29 is 183 Å². The van der Waals surface area contributed by atoms with Gasteiger partial charge in [-0.15, -0.1) is 0 Å². The van der Waals surface area contributed by atoms with E-state index in [1.807, 2.05) is 0 Å². The predicted octanol–water partition coefficient (Wildman–Crippen LogP) is -13.3. The van der Waals surface area contributed by atoms with Crippen LogP contribution in [0.15, 0.2) is 0 Å². The molecule has 14 bridgehead atoms. The van der Waals surface area contributed by atoms with Gasteiger partial charge < -0.3 is 184 Å². The van der Waals surface area contributed by atoms with Crippen LogP contribution in [0.3, 0.4) is 0 Å². The van der Waals surface area contributed by atoms with E-state index < -0.39 is 265 Å². The lowest BCUT2D eigenvalue weighted by atomic mass is 8.84. The zero-order valence-electron chi connectivity index (χ0n) is 54.6. The molecule has 0 aromatic carbocycles. The van der Waals surface area contributed by atoms with Crippen LogP contribution in [0.5, 0.6) is 0 Å². The molecule has 572 valence electrons. The first-order chi connectivity index (χ1) is 47.7. The lowest BCUT2D eigenvalue weighted by molar-refractivity contribution is -0.706. The SMILES string of the molecule is COC(=O)[C@@]12[C@@H]3[C@H]4[C@H]1C1(C)[C@@]4(C(=O)NCCCCCCNC[C@H]4O[C@@H]5O[C@H]6[C@H](O)[C@H](O)[C@@H](O[C@H]7[C@H](O)[C@H](O)[C@@H](O[C@H]8[C@H](O)[C@@H](O)[C@@H](O[C@H]9[C@H](O)[C@@H](O)[C@@H](O[C@H]%10[C@H](O)[C@@H](O)[C@@H](O[C@H]%11[C@H](O)[C@@H](O)[C@@H](O[C@H]4[C@H](O)[C@H]5O)O[C@@H]%11CO)O[C@@H]%10CO)O[C@@H]9CO)O[C@@H]8CO)O[C@@H]7CO)O[C@@H]6CO)[C@@H]3[C@@]12C. The number of amides is 1. The van der Waals surface area contributed by atoms with Gasteiger partial charge in [-0.05, 0) is 53.9 Å². The highest BCUT2D eigenvalue weighted by Crippen LogP contribution is 3.18. The first-order valence-electron chi connectivity index (χ1n) is 34.1. The summed E-state index contributed by atoms with van der Waals surface area (Å²) in [6.07, 6.45) is -67.4. The van der Waals surface area contributed by atoms with Gasteiger partial charge in [0.15, 0.2) is 44.0 Å². The second-order valence-electron chi connectivity index (χ2n) is 29.0. The second-order valence-corrected chi connectivity index (χ2v) is 29.0. The summed E-state index contributed by atoms with van der Waals surface area (Å²) < 4.78 is 87.2. The number of ether oxygens (including phenoxy) is 15. The zero-order chi connectivity index (χ0) is 71.9. The highest BCUT2D eigenvalue weighted by atomic mass is 16.8. The maximum absolute atomic E-state index is 13.8. The molecule has 21 saturated heterocycles. The summed E-state index contributed by atoms with van der Waals surface area (Å²) in [5.41, 5.74) is -1.38. The normalized spacial score (nSPS) is 56.1. The van der Waals surface area contributed by atoms with Crippen molar-refractivity contribution in [3.8, 4) is 0 Å². The van der Waals surface area contributed by atoms with Crippen LogP contribution >= 0.6 is 0 Å². The van der Waals surface area contributed by atoms with Gasteiger partial charge in [0, 0.05) is 13.1 Å². The monoisotopic (exact) mass is 1450 g/mol. The van der Waals surface area contributed by atoms with Crippen LogP contribution in [-0.4, -0.2) is 395 Å². The van der Waals surface area contributed by atoms with Crippen LogP contribution in [0.25, 0.3) is 0 Å². The van der Waals surface area contributed by atoms with Crippen LogP contribution in [-0.2, 0) is 80.6 Å². The summed E-state index contributed by atoms with van der Waals surface area (Å²) in [6, 6.07) is 0. The number of carbonyl (C=O) groups excluding carboxylic acids is 2. The molecule has 0 aromatic rings. The first kappa shape index (κ1) is 75.8. The number of aliphatic hydroxyl groups is 20. The van der Waals surface area contributed by atoms with Crippen LogP contribution in [0.1, 0.15) is 39.5 Å². The van der Waals surface area contributed by atoms with E-state index in [1.54, 1.807) is 0 Å². The number of hydrogen-bond donors (Lipinski definition) is 22. The highest BCUT2D eigenvalue weighted by molar-refractivity contribution is 6.01. The average molecular weight is 1450 g/mol. The number of nitrogens with one attached hydrogen (secondary N) is 2. The summed E-state index contributed by atoms with van der Waals surface area (Å²) in [7, 11) is 1.41. The molecule has 27 aliphatic rings. The average Bonchev–Trinajstić information content (AvgIpc) is 0.526. The van der Waals surface area contributed by atoms with Crippen LogP contribution in [0, 0.1) is 45.3 Å².